The van der Waals surface area contributed by atoms with Crippen molar-refractivity contribution in [3.63, 3.8) is 0 Å². The first-order valence-electron chi connectivity index (χ1n) is 8.30. The zero-order valence-corrected chi connectivity index (χ0v) is 13.8. The first-order valence-corrected chi connectivity index (χ1v) is 8.30. The maximum atomic E-state index is 5.69. The van der Waals surface area contributed by atoms with E-state index in [-0.39, 0.29) is 6.10 Å². The van der Waals surface area contributed by atoms with Gasteiger partial charge in [-0.1, -0.05) is 12.1 Å². The third-order valence-electron chi connectivity index (χ3n) is 4.21. The number of rotatable bonds is 7. The summed E-state index contributed by atoms with van der Waals surface area (Å²) < 4.78 is 5.69. The van der Waals surface area contributed by atoms with Crippen LogP contribution in [0.2, 0.25) is 0 Å². The van der Waals surface area contributed by atoms with Crippen molar-refractivity contribution in [3.05, 3.63) is 29.8 Å². The molecule has 0 saturated carbocycles. The highest BCUT2D eigenvalue weighted by Gasteiger charge is 2.18. The molecule has 1 aromatic rings. The Hall–Kier alpha value is -1.06. The molecule has 0 amide bonds. The van der Waals surface area contributed by atoms with E-state index < -0.39 is 0 Å². The van der Waals surface area contributed by atoms with Crippen LogP contribution in [0.5, 0.6) is 5.75 Å². The molecular formula is C18H30N2O. The van der Waals surface area contributed by atoms with Gasteiger partial charge in [-0.3, -0.25) is 4.90 Å². The van der Waals surface area contributed by atoms with Gasteiger partial charge in [0.2, 0.25) is 0 Å². The maximum Gasteiger partial charge on any atom is 0.119 e. The van der Waals surface area contributed by atoms with E-state index in [2.05, 4.69) is 48.3 Å². The summed E-state index contributed by atoms with van der Waals surface area (Å²) >= 11 is 0. The molecule has 118 valence electrons. The summed E-state index contributed by atoms with van der Waals surface area (Å²) in [7, 11) is 2.04. The molecule has 1 aliphatic rings. The highest BCUT2D eigenvalue weighted by molar-refractivity contribution is 5.27. The van der Waals surface area contributed by atoms with Crippen molar-refractivity contribution < 1.29 is 4.74 Å². The molecule has 3 heteroatoms. The van der Waals surface area contributed by atoms with Crippen LogP contribution >= 0.6 is 0 Å². The number of nitrogens with one attached hydrogen (secondary N) is 1. The molecular weight excluding hydrogens is 260 g/mol. The Balaban J connectivity index is 1.75. The lowest BCUT2D eigenvalue weighted by atomic mass is 9.93. The van der Waals surface area contributed by atoms with E-state index in [0.717, 1.165) is 24.8 Å². The highest BCUT2D eigenvalue weighted by Crippen LogP contribution is 2.22. The second-order valence-electron chi connectivity index (χ2n) is 6.42. The Kier molecular flexibility index (Phi) is 6.52. The van der Waals surface area contributed by atoms with Crippen molar-refractivity contribution in [1.82, 2.24) is 10.2 Å². The van der Waals surface area contributed by atoms with Crippen molar-refractivity contribution in [1.29, 1.82) is 0 Å². The molecule has 3 nitrogen and oxygen atoms in total. The quantitative estimate of drug-likeness (QED) is 0.834. The van der Waals surface area contributed by atoms with Gasteiger partial charge in [-0.05, 0) is 83.4 Å². The molecule has 2 rings (SSSR count). The molecule has 1 fully saturated rings. The van der Waals surface area contributed by atoms with Gasteiger partial charge in [-0.15, -0.1) is 0 Å². The number of hydrogen-bond donors (Lipinski definition) is 1. The molecule has 1 N–H and O–H groups in total. The van der Waals surface area contributed by atoms with Crippen LogP contribution in [0, 0.1) is 5.92 Å². The zero-order valence-electron chi connectivity index (χ0n) is 13.8. The minimum Gasteiger partial charge on any atom is -0.491 e. The van der Waals surface area contributed by atoms with Crippen molar-refractivity contribution in [2.24, 2.45) is 5.92 Å². The Morgan fingerprint density at radius 2 is 1.86 bits per heavy atom. The normalized spacial score (nSPS) is 17.3. The van der Waals surface area contributed by atoms with Crippen LogP contribution in [0.15, 0.2) is 24.3 Å². The van der Waals surface area contributed by atoms with Crippen LogP contribution in [-0.2, 0) is 6.54 Å². The summed E-state index contributed by atoms with van der Waals surface area (Å²) in [6.45, 7) is 8.82. The second kappa shape index (κ2) is 8.40. The monoisotopic (exact) mass is 290 g/mol. The Morgan fingerprint density at radius 1 is 1.19 bits per heavy atom. The van der Waals surface area contributed by atoms with E-state index >= 15 is 0 Å². The fourth-order valence-corrected chi connectivity index (χ4v) is 2.99. The van der Waals surface area contributed by atoms with E-state index in [4.69, 9.17) is 4.74 Å². The van der Waals surface area contributed by atoms with Gasteiger partial charge in [0.1, 0.15) is 5.75 Å². The second-order valence-corrected chi connectivity index (χ2v) is 6.42. The van der Waals surface area contributed by atoms with Crippen molar-refractivity contribution in [2.45, 2.75) is 45.8 Å². The molecule has 0 bridgehead atoms. The van der Waals surface area contributed by atoms with Gasteiger partial charge in [0.15, 0.2) is 0 Å². The van der Waals surface area contributed by atoms with Gasteiger partial charge in [-0.2, -0.15) is 0 Å². The predicted octanol–water partition coefficient (Wildman–Crippen LogP) is 3.30. The average Bonchev–Trinajstić information content (AvgIpc) is 2.48. The third kappa shape index (κ3) is 5.68. The molecule has 1 heterocycles. The summed E-state index contributed by atoms with van der Waals surface area (Å²) in [5.41, 5.74) is 1.39. The molecule has 1 aliphatic heterocycles. The minimum atomic E-state index is 0.243. The van der Waals surface area contributed by atoms with E-state index in [1.807, 2.05) is 7.05 Å². The molecule has 0 atom stereocenters. The smallest absolute Gasteiger partial charge is 0.119 e. The zero-order chi connectivity index (χ0) is 15.1. The average molecular weight is 290 g/mol. The van der Waals surface area contributed by atoms with Gasteiger partial charge in [0.25, 0.3) is 0 Å². The van der Waals surface area contributed by atoms with E-state index in [0.29, 0.717) is 0 Å². The molecule has 0 aromatic heterocycles. The largest absolute Gasteiger partial charge is 0.491 e. The standard InChI is InChI=1S/C18H30N2O/c1-15(2)21-18-6-4-17(5-7-18)14-20-12-9-16(10-13-20)8-11-19-3/h4-7,15-16,19H,8-14H2,1-3H3. The van der Waals surface area contributed by atoms with Gasteiger partial charge in [-0.25, -0.2) is 0 Å². The van der Waals surface area contributed by atoms with Gasteiger partial charge in [0, 0.05) is 6.54 Å². The maximum absolute atomic E-state index is 5.69. The minimum absolute atomic E-state index is 0.243. The number of hydrogen-bond acceptors (Lipinski definition) is 3. The van der Waals surface area contributed by atoms with E-state index in [1.165, 1.54) is 37.9 Å². The lowest BCUT2D eigenvalue weighted by molar-refractivity contribution is 0.172. The van der Waals surface area contributed by atoms with Crippen LogP contribution in [0.1, 0.15) is 38.7 Å². The van der Waals surface area contributed by atoms with E-state index in [9.17, 15) is 0 Å². The summed E-state index contributed by atoms with van der Waals surface area (Å²) in [5.74, 6) is 1.88. The third-order valence-corrected chi connectivity index (χ3v) is 4.21. The highest BCUT2D eigenvalue weighted by atomic mass is 16.5. The molecule has 1 aromatic carbocycles. The van der Waals surface area contributed by atoms with Crippen LogP contribution in [0.25, 0.3) is 0 Å². The van der Waals surface area contributed by atoms with Crippen molar-refractivity contribution in [3.8, 4) is 5.75 Å². The molecule has 0 aliphatic carbocycles. The fourth-order valence-electron chi connectivity index (χ4n) is 2.99. The van der Waals surface area contributed by atoms with E-state index in [1.54, 1.807) is 0 Å². The first-order chi connectivity index (χ1) is 10.2. The van der Waals surface area contributed by atoms with Crippen molar-refractivity contribution >= 4 is 0 Å². The molecule has 21 heavy (non-hydrogen) atoms. The van der Waals surface area contributed by atoms with Gasteiger partial charge < -0.3 is 10.1 Å². The Labute approximate surface area is 129 Å². The van der Waals surface area contributed by atoms with Crippen LogP contribution in [0.4, 0.5) is 0 Å². The number of ether oxygens (including phenoxy) is 1. The Bertz CT molecular complexity index is 394. The summed E-state index contributed by atoms with van der Waals surface area (Å²) in [6.07, 6.45) is 4.25. The molecule has 0 radical (unpaired) electrons. The topological polar surface area (TPSA) is 24.5 Å². The summed E-state index contributed by atoms with van der Waals surface area (Å²) in [6, 6.07) is 8.58. The number of piperidine rings is 1. The van der Waals surface area contributed by atoms with Crippen LogP contribution in [0.3, 0.4) is 0 Å². The lowest BCUT2D eigenvalue weighted by Gasteiger charge is -2.32. The molecule has 1 saturated heterocycles. The summed E-state index contributed by atoms with van der Waals surface area (Å²) in [4.78, 5) is 2.58. The van der Waals surface area contributed by atoms with Crippen LogP contribution < -0.4 is 10.1 Å². The van der Waals surface area contributed by atoms with Crippen molar-refractivity contribution in [2.75, 3.05) is 26.7 Å². The number of benzene rings is 1. The summed E-state index contributed by atoms with van der Waals surface area (Å²) in [5, 5.41) is 3.26. The lowest BCUT2D eigenvalue weighted by Crippen LogP contribution is -2.34. The fraction of sp³-hybridized carbons (Fsp3) is 0.667. The first kappa shape index (κ1) is 16.3. The van der Waals surface area contributed by atoms with Gasteiger partial charge in [0.05, 0.1) is 6.10 Å². The number of likely N-dealkylation sites (tertiary alicyclic amines) is 1. The molecule has 0 unspecified atom stereocenters. The number of nitrogens with zero attached hydrogens (tertiary/aromatic N) is 1. The SMILES string of the molecule is CNCCC1CCN(Cc2ccc(OC(C)C)cc2)CC1. The molecule has 0 spiro atoms. The van der Waals surface area contributed by atoms with Crippen LogP contribution in [-0.4, -0.2) is 37.7 Å². The van der Waals surface area contributed by atoms with Gasteiger partial charge >= 0.3 is 0 Å². The Morgan fingerprint density at radius 3 is 2.43 bits per heavy atom. The predicted molar refractivity (Wildman–Crippen MR) is 88.8 cm³/mol.